The Bertz CT molecular complexity index is 1340. The monoisotopic (exact) mass is 441 g/mol. The third-order valence-electron chi connectivity index (χ3n) is 5.63. The lowest BCUT2D eigenvalue weighted by Crippen LogP contribution is -2.18. The Hall–Kier alpha value is -4.06. The highest BCUT2D eigenvalue weighted by atomic mass is 19.1. The van der Waals surface area contributed by atoms with E-state index >= 15 is 0 Å². The zero-order valence-electron chi connectivity index (χ0n) is 18.7. The molecule has 0 atom stereocenters. The summed E-state index contributed by atoms with van der Waals surface area (Å²) in [5.41, 5.74) is 4.55. The van der Waals surface area contributed by atoms with Crippen molar-refractivity contribution in [3.8, 4) is 0 Å². The maximum absolute atomic E-state index is 14.1. The van der Waals surface area contributed by atoms with Gasteiger partial charge in [0, 0.05) is 16.7 Å². The van der Waals surface area contributed by atoms with Gasteiger partial charge >= 0.3 is 0 Å². The van der Waals surface area contributed by atoms with Crippen LogP contribution in [0.1, 0.15) is 48.8 Å². The van der Waals surface area contributed by atoms with E-state index in [1.165, 1.54) is 6.07 Å². The van der Waals surface area contributed by atoms with Crippen LogP contribution in [0.5, 0.6) is 0 Å². The Morgan fingerprint density at radius 3 is 2.21 bits per heavy atom. The molecule has 0 aliphatic heterocycles. The number of nitrogens with one attached hydrogen (secondary N) is 1. The van der Waals surface area contributed by atoms with E-state index in [1.807, 2.05) is 26.0 Å². The molecule has 1 N–H and O–H groups in total. The minimum atomic E-state index is -0.400. The molecule has 0 aliphatic carbocycles. The van der Waals surface area contributed by atoms with Crippen molar-refractivity contribution in [3.63, 3.8) is 0 Å². The highest BCUT2D eigenvalue weighted by Crippen LogP contribution is 2.23. The summed E-state index contributed by atoms with van der Waals surface area (Å²) in [7, 11) is 0. The van der Waals surface area contributed by atoms with Crippen molar-refractivity contribution in [2.45, 2.75) is 27.3 Å². The molecule has 166 valence electrons. The molecule has 0 aliphatic rings. The quantitative estimate of drug-likeness (QED) is 0.403. The SMILES string of the molecule is Cc1ccc(C(=O)c2ccccc2C(=O)Nc2c(C)nn(Cc3ccccc3F)c2C)cc1. The number of aromatic nitrogens is 2. The average Bonchev–Trinajstić information content (AvgIpc) is 3.08. The van der Waals surface area contributed by atoms with Crippen molar-refractivity contribution in [2.24, 2.45) is 0 Å². The van der Waals surface area contributed by atoms with Crippen molar-refractivity contribution in [2.75, 3.05) is 5.32 Å². The second kappa shape index (κ2) is 9.20. The first-order valence-corrected chi connectivity index (χ1v) is 10.6. The molecule has 1 amide bonds. The Morgan fingerprint density at radius 2 is 1.52 bits per heavy atom. The fourth-order valence-electron chi connectivity index (χ4n) is 3.74. The zero-order valence-corrected chi connectivity index (χ0v) is 18.7. The molecule has 0 radical (unpaired) electrons. The van der Waals surface area contributed by atoms with E-state index in [1.54, 1.807) is 66.2 Å². The third kappa shape index (κ3) is 4.60. The van der Waals surface area contributed by atoms with Crippen LogP contribution >= 0.6 is 0 Å². The molecule has 5 nitrogen and oxygen atoms in total. The van der Waals surface area contributed by atoms with E-state index in [0.29, 0.717) is 33.8 Å². The molecule has 0 saturated carbocycles. The number of aryl methyl sites for hydroxylation is 2. The van der Waals surface area contributed by atoms with Crippen LogP contribution in [-0.4, -0.2) is 21.5 Å². The molecular formula is C27H24FN3O2. The molecule has 1 aromatic heterocycles. The molecule has 4 aromatic rings. The highest BCUT2D eigenvalue weighted by Gasteiger charge is 2.21. The molecule has 33 heavy (non-hydrogen) atoms. The third-order valence-corrected chi connectivity index (χ3v) is 5.63. The average molecular weight is 442 g/mol. The van der Waals surface area contributed by atoms with Gasteiger partial charge in [0.25, 0.3) is 5.91 Å². The first-order chi connectivity index (χ1) is 15.8. The van der Waals surface area contributed by atoms with Gasteiger partial charge < -0.3 is 5.32 Å². The summed E-state index contributed by atoms with van der Waals surface area (Å²) in [6.45, 7) is 5.80. The molecule has 0 saturated heterocycles. The topological polar surface area (TPSA) is 64.0 Å². The van der Waals surface area contributed by atoms with Crippen molar-refractivity contribution in [1.82, 2.24) is 9.78 Å². The second-order valence-electron chi connectivity index (χ2n) is 7.99. The molecule has 0 bridgehead atoms. The number of ketones is 1. The number of hydrogen-bond acceptors (Lipinski definition) is 3. The van der Waals surface area contributed by atoms with Gasteiger partial charge in [-0.05, 0) is 32.9 Å². The van der Waals surface area contributed by atoms with Crippen molar-refractivity contribution in [1.29, 1.82) is 0 Å². The van der Waals surface area contributed by atoms with Crippen LogP contribution < -0.4 is 5.32 Å². The van der Waals surface area contributed by atoms with Gasteiger partial charge in [-0.25, -0.2) is 4.39 Å². The van der Waals surface area contributed by atoms with Gasteiger partial charge in [0.2, 0.25) is 0 Å². The summed E-state index contributed by atoms with van der Waals surface area (Å²) in [5, 5.41) is 7.38. The van der Waals surface area contributed by atoms with Gasteiger partial charge in [-0.1, -0.05) is 66.2 Å². The van der Waals surface area contributed by atoms with E-state index in [0.717, 1.165) is 5.56 Å². The van der Waals surface area contributed by atoms with Crippen molar-refractivity contribution in [3.05, 3.63) is 118 Å². The lowest BCUT2D eigenvalue weighted by Gasteiger charge is -2.11. The Balaban J connectivity index is 1.61. The number of amides is 1. The Kier molecular flexibility index (Phi) is 6.18. The number of nitrogens with zero attached hydrogens (tertiary/aromatic N) is 2. The number of halogens is 1. The maximum Gasteiger partial charge on any atom is 0.256 e. The largest absolute Gasteiger partial charge is 0.319 e. The molecule has 3 aromatic carbocycles. The van der Waals surface area contributed by atoms with Crippen LogP contribution in [0.25, 0.3) is 0 Å². The Morgan fingerprint density at radius 1 is 0.879 bits per heavy atom. The lowest BCUT2D eigenvalue weighted by atomic mass is 9.97. The van der Waals surface area contributed by atoms with E-state index in [9.17, 15) is 14.0 Å². The summed E-state index contributed by atoms with van der Waals surface area (Å²) >= 11 is 0. The second-order valence-corrected chi connectivity index (χ2v) is 7.99. The number of benzene rings is 3. The molecule has 6 heteroatoms. The van der Waals surface area contributed by atoms with Crippen LogP contribution in [0.15, 0.2) is 72.8 Å². The first-order valence-electron chi connectivity index (χ1n) is 10.6. The summed E-state index contributed by atoms with van der Waals surface area (Å²) in [6, 6.07) is 20.5. The maximum atomic E-state index is 14.1. The van der Waals surface area contributed by atoms with Crippen LogP contribution in [0.4, 0.5) is 10.1 Å². The summed E-state index contributed by atoms with van der Waals surface area (Å²) < 4.78 is 15.7. The number of carbonyl (C=O) groups excluding carboxylic acids is 2. The van der Waals surface area contributed by atoms with E-state index in [-0.39, 0.29) is 23.7 Å². The highest BCUT2D eigenvalue weighted by molar-refractivity contribution is 6.17. The molecule has 0 spiro atoms. The zero-order chi connectivity index (χ0) is 23.5. The number of anilines is 1. The molecule has 4 rings (SSSR count). The van der Waals surface area contributed by atoms with Gasteiger partial charge in [-0.3, -0.25) is 14.3 Å². The molecule has 0 fully saturated rings. The minimum Gasteiger partial charge on any atom is -0.319 e. The summed E-state index contributed by atoms with van der Waals surface area (Å²) in [4.78, 5) is 26.3. The van der Waals surface area contributed by atoms with Gasteiger partial charge in [-0.15, -0.1) is 0 Å². The lowest BCUT2D eigenvalue weighted by molar-refractivity contribution is 0.0996. The standard InChI is InChI=1S/C27H24FN3O2/c1-17-12-14-20(15-13-17)26(32)22-9-5-6-10-23(22)27(33)29-25-18(2)30-31(19(25)3)16-21-8-4-7-11-24(21)28/h4-15H,16H2,1-3H3,(H,29,33). The van der Waals surface area contributed by atoms with E-state index in [2.05, 4.69) is 10.4 Å². The van der Waals surface area contributed by atoms with Crippen LogP contribution in [0.3, 0.4) is 0 Å². The van der Waals surface area contributed by atoms with Gasteiger partial charge in [0.15, 0.2) is 5.78 Å². The molecular weight excluding hydrogens is 417 g/mol. The fourth-order valence-corrected chi connectivity index (χ4v) is 3.74. The first kappa shape index (κ1) is 22.1. The van der Waals surface area contributed by atoms with Crippen molar-refractivity contribution >= 4 is 17.4 Å². The predicted octanol–water partition coefficient (Wildman–Crippen LogP) is 5.48. The minimum absolute atomic E-state index is 0.218. The number of rotatable bonds is 6. The van der Waals surface area contributed by atoms with Crippen molar-refractivity contribution < 1.29 is 14.0 Å². The predicted molar refractivity (Wildman–Crippen MR) is 126 cm³/mol. The summed E-state index contributed by atoms with van der Waals surface area (Å²) in [6.07, 6.45) is 0. The smallest absolute Gasteiger partial charge is 0.256 e. The number of hydrogen-bond donors (Lipinski definition) is 1. The number of carbonyl (C=O) groups is 2. The fraction of sp³-hybridized carbons (Fsp3) is 0.148. The normalized spacial score (nSPS) is 10.8. The Labute approximate surface area is 191 Å². The van der Waals surface area contributed by atoms with Crippen LogP contribution in [-0.2, 0) is 6.54 Å². The van der Waals surface area contributed by atoms with Crippen LogP contribution in [0.2, 0.25) is 0 Å². The molecule has 0 unspecified atom stereocenters. The van der Waals surface area contributed by atoms with Gasteiger partial charge in [0.05, 0.1) is 29.2 Å². The van der Waals surface area contributed by atoms with E-state index in [4.69, 9.17) is 0 Å². The summed E-state index contributed by atoms with van der Waals surface area (Å²) in [5.74, 6) is -0.925. The molecule has 1 heterocycles. The van der Waals surface area contributed by atoms with E-state index < -0.39 is 5.91 Å². The van der Waals surface area contributed by atoms with Crippen LogP contribution in [0, 0.1) is 26.6 Å². The van der Waals surface area contributed by atoms with Gasteiger partial charge in [-0.2, -0.15) is 5.10 Å². The van der Waals surface area contributed by atoms with Gasteiger partial charge in [0.1, 0.15) is 5.82 Å².